The van der Waals surface area contributed by atoms with Gasteiger partial charge in [-0.2, -0.15) is 0 Å². The van der Waals surface area contributed by atoms with Crippen molar-refractivity contribution < 1.29 is 14.3 Å². The van der Waals surface area contributed by atoms with Crippen LogP contribution in [-0.2, 0) is 27.3 Å². The molecule has 28 heavy (non-hydrogen) atoms. The number of benzene rings is 2. The molecule has 4 rings (SSSR count). The number of anilines is 2. The predicted molar refractivity (Wildman–Crippen MR) is 108 cm³/mol. The smallest absolute Gasteiger partial charge is 0.247 e. The summed E-state index contributed by atoms with van der Waals surface area (Å²) in [4.78, 5) is 29.0. The zero-order valence-corrected chi connectivity index (χ0v) is 16.1. The van der Waals surface area contributed by atoms with Crippen molar-refractivity contribution in [1.82, 2.24) is 4.90 Å². The summed E-state index contributed by atoms with van der Waals surface area (Å²) in [5, 5.41) is 2.98. The minimum Gasteiger partial charge on any atom is -0.378 e. The minimum atomic E-state index is -0.494. The number of fused-ring (bicyclic) bond motifs is 1. The molecule has 2 aromatic rings. The van der Waals surface area contributed by atoms with Gasteiger partial charge in [0.1, 0.15) is 6.04 Å². The van der Waals surface area contributed by atoms with Crippen LogP contribution in [0.3, 0.4) is 0 Å². The molecular formula is C22H25N3O3. The zero-order chi connectivity index (χ0) is 19.5. The summed E-state index contributed by atoms with van der Waals surface area (Å²) in [6.07, 6.45) is 0.535. The van der Waals surface area contributed by atoms with Crippen LogP contribution >= 0.6 is 0 Å². The van der Waals surface area contributed by atoms with Crippen LogP contribution < -0.4 is 10.2 Å². The molecular weight excluding hydrogens is 354 g/mol. The fourth-order valence-corrected chi connectivity index (χ4v) is 3.89. The quantitative estimate of drug-likeness (QED) is 0.890. The number of morpholine rings is 1. The lowest BCUT2D eigenvalue weighted by molar-refractivity contribution is -0.138. The molecule has 2 aromatic carbocycles. The molecule has 0 unspecified atom stereocenters. The van der Waals surface area contributed by atoms with Gasteiger partial charge in [-0.1, -0.05) is 24.3 Å². The second-order valence-electron chi connectivity index (χ2n) is 7.27. The Balaban J connectivity index is 1.47. The summed E-state index contributed by atoms with van der Waals surface area (Å²) in [5.41, 5.74) is 4.10. The third kappa shape index (κ3) is 3.87. The van der Waals surface area contributed by atoms with E-state index in [-0.39, 0.29) is 11.8 Å². The van der Waals surface area contributed by atoms with E-state index < -0.39 is 6.04 Å². The van der Waals surface area contributed by atoms with E-state index in [0.717, 1.165) is 48.8 Å². The first-order valence-electron chi connectivity index (χ1n) is 9.69. The summed E-state index contributed by atoms with van der Waals surface area (Å²) in [5.74, 6) is -0.235. The highest BCUT2D eigenvalue weighted by molar-refractivity contribution is 5.97. The molecule has 1 N–H and O–H groups in total. The van der Waals surface area contributed by atoms with Gasteiger partial charge in [0.05, 0.1) is 13.2 Å². The van der Waals surface area contributed by atoms with Crippen LogP contribution in [0.1, 0.15) is 18.1 Å². The highest BCUT2D eigenvalue weighted by Crippen LogP contribution is 2.25. The van der Waals surface area contributed by atoms with Crippen LogP contribution in [0.25, 0.3) is 0 Å². The Morgan fingerprint density at radius 1 is 1.00 bits per heavy atom. The van der Waals surface area contributed by atoms with Crippen LogP contribution in [0, 0.1) is 0 Å². The van der Waals surface area contributed by atoms with Gasteiger partial charge in [0, 0.05) is 44.4 Å². The number of carbonyl (C=O) groups is 2. The number of nitrogens with zero attached hydrogens (tertiary/aromatic N) is 2. The van der Waals surface area contributed by atoms with E-state index in [1.807, 2.05) is 48.5 Å². The number of hydrogen-bond donors (Lipinski definition) is 1. The Labute approximate surface area is 165 Å². The molecule has 2 amide bonds. The number of hydrogen-bond acceptors (Lipinski definition) is 4. The van der Waals surface area contributed by atoms with Crippen molar-refractivity contribution in [2.75, 3.05) is 36.5 Å². The van der Waals surface area contributed by atoms with E-state index in [0.29, 0.717) is 13.0 Å². The number of carbonyl (C=O) groups excluding carboxylic acids is 2. The average Bonchev–Trinajstić information content (AvgIpc) is 2.74. The molecule has 1 fully saturated rings. The lowest BCUT2D eigenvalue weighted by Gasteiger charge is -2.35. The Hall–Kier alpha value is -2.86. The molecule has 146 valence electrons. The van der Waals surface area contributed by atoms with Crippen molar-refractivity contribution in [3.63, 3.8) is 0 Å². The number of ether oxygens (including phenoxy) is 1. The van der Waals surface area contributed by atoms with Crippen molar-refractivity contribution in [2.45, 2.75) is 25.9 Å². The van der Waals surface area contributed by atoms with Crippen LogP contribution in [-0.4, -0.2) is 49.1 Å². The van der Waals surface area contributed by atoms with Gasteiger partial charge >= 0.3 is 0 Å². The number of nitrogens with one attached hydrogen (secondary N) is 1. The van der Waals surface area contributed by atoms with Gasteiger partial charge < -0.3 is 19.9 Å². The first-order valence-corrected chi connectivity index (χ1v) is 9.69. The average molecular weight is 379 g/mol. The molecule has 1 atom stereocenters. The number of amides is 2. The second-order valence-corrected chi connectivity index (χ2v) is 7.27. The minimum absolute atomic E-state index is 0.0858. The van der Waals surface area contributed by atoms with Gasteiger partial charge in [-0.15, -0.1) is 0 Å². The summed E-state index contributed by atoms with van der Waals surface area (Å²) in [7, 11) is 0. The molecule has 0 spiro atoms. The monoisotopic (exact) mass is 379 g/mol. The van der Waals surface area contributed by atoms with Crippen molar-refractivity contribution in [3.05, 3.63) is 59.7 Å². The Bertz CT molecular complexity index is 860. The van der Waals surface area contributed by atoms with Gasteiger partial charge in [-0.3, -0.25) is 9.59 Å². The molecule has 0 bridgehead atoms. The molecule has 6 heteroatoms. The van der Waals surface area contributed by atoms with Gasteiger partial charge in [0.25, 0.3) is 0 Å². The van der Waals surface area contributed by atoms with E-state index in [9.17, 15) is 9.59 Å². The topological polar surface area (TPSA) is 61.9 Å². The van der Waals surface area contributed by atoms with Crippen molar-refractivity contribution in [1.29, 1.82) is 0 Å². The lowest BCUT2D eigenvalue weighted by Crippen LogP contribution is -2.49. The molecule has 2 heterocycles. The van der Waals surface area contributed by atoms with E-state index in [1.54, 1.807) is 4.90 Å². The second kappa shape index (κ2) is 8.02. The maximum absolute atomic E-state index is 12.9. The first kappa shape index (κ1) is 18.5. The van der Waals surface area contributed by atoms with Crippen LogP contribution in [0.2, 0.25) is 0 Å². The third-order valence-electron chi connectivity index (χ3n) is 5.47. The third-order valence-corrected chi connectivity index (χ3v) is 5.47. The first-order chi connectivity index (χ1) is 13.6. The standard InChI is InChI=1S/C22H25N3O3/c1-16(26)25-15-18-5-3-2-4-17(18)14-21(25)22(27)23-19-6-8-20(9-7-19)24-10-12-28-13-11-24/h2-9,21H,10-15H2,1H3,(H,23,27)/t21-/m1/s1. The molecule has 0 aliphatic carbocycles. The van der Waals surface area contributed by atoms with Crippen LogP contribution in [0.4, 0.5) is 11.4 Å². The lowest BCUT2D eigenvalue weighted by atomic mass is 9.93. The van der Waals surface area contributed by atoms with Crippen LogP contribution in [0.15, 0.2) is 48.5 Å². The maximum Gasteiger partial charge on any atom is 0.247 e. The summed E-state index contributed by atoms with van der Waals surface area (Å²) < 4.78 is 5.39. The largest absolute Gasteiger partial charge is 0.378 e. The fourth-order valence-electron chi connectivity index (χ4n) is 3.89. The van der Waals surface area contributed by atoms with Gasteiger partial charge in [-0.25, -0.2) is 0 Å². The Morgan fingerprint density at radius 3 is 2.36 bits per heavy atom. The Morgan fingerprint density at radius 2 is 1.68 bits per heavy atom. The van der Waals surface area contributed by atoms with Crippen molar-refractivity contribution in [2.24, 2.45) is 0 Å². The number of rotatable bonds is 3. The Kier molecular flexibility index (Phi) is 5.30. The van der Waals surface area contributed by atoms with Crippen molar-refractivity contribution >= 4 is 23.2 Å². The zero-order valence-electron chi connectivity index (χ0n) is 16.1. The molecule has 2 aliphatic rings. The van der Waals surface area contributed by atoms with Crippen LogP contribution in [0.5, 0.6) is 0 Å². The van der Waals surface area contributed by atoms with Gasteiger partial charge in [-0.05, 0) is 35.4 Å². The van der Waals surface area contributed by atoms with Gasteiger partial charge in [0.15, 0.2) is 0 Å². The SMILES string of the molecule is CC(=O)N1Cc2ccccc2C[C@@H]1C(=O)Nc1ccc(N2CCOCC2)cc1. The summed E-state index contributed by atoms with van der Waals surface area (Å²) >= 11 is 0. The molecule has 6 nitrogen and oxygen atoms in total. The normalized spacial score (nSPS) is 19.1. The highest BCUT2D eigenvalue weighted by Gasteiger charge is 2.33. The molecule has 0 aromatic heterocycles. The molecule has 0 radical (unpaired) electrons. The van der Waals surface area contributed by atoms with E-state index in [4.69, 9.17) is 4.74 Å². The predicted octanol–water partition coefficient (Wildman–Crippen LogP) is 2.44. The molecule has 0 saturated carbocycles. The molecule has 1 saturated heterocycles. The van der Waals surface area contributed by atoms with E-state index >= 15 is 0 Å². The van der Waals surface area contributed by atoms with Crippen molar-refractivity contribution in [3.8, 4) is 0 Å². The molecule has 2 aliphatic heterocycles. The fraction of sp³-hybridized carbons (Fsp3) is 0.364. The summed E-state index contributed by atoms with van der Waals surface area (Å²) in [6.45, 7) is 5.22. The van der Waals surface area contributed by atoms with E-state index in [2.05, 4.69) is 10.2 Å². The summed E-state index contributed by atoms with van der Waals surface area (Å²) in [6, 6.07) is 15.4. The van der Waals surface area contributed by atoms with E-state index in [1.165, 1.54) is 6.92 Å². The highest BCUT2D eigenvalue weighted by atomic mass is 16.5. The maximum atomic E-state index is 12.9. The van der Waals surface area contributed by atoms with Gasteiger partial charge in [0.2, 0.25) is 11.8 Å².